The van der Waals surface area contributed by atoms with Gasteiger partial charge >= 0.3 is 0 Å². The van der Waals surface area contributed by atoms with E-state index >= 15 is 0 Å². The zero-order valence-corrected chi connectivity index (χ0v) is 13.8. The number of hydrogen-bond acceptors (Lipinski definition) is 4. The highest BCUT2D eigenvalue weighted by Crippen LogP contribution is 2.25. The second kappa shape index (κ2) is 7.51. The molecule has 0 N–H and O–H groups in total. The zero-order valence-electron chi connectivity index (χ0n) is 12.9. The molecule has 2 aliphatic heterocycles. The first-order valence-corrected chi connectivity index (χ1v) is 9.35. The number of rotatable bonds is 3. The van der Waals surface area contributed by atoms with Crippen molar-refractivity contribution in [1.82, 2.24) is 9.80 Å². The van der Waals surface area contributed by atoms with Crippen molar-refractivity contribution < 1.29 is 18.1 Å². The number of benzene rings is 1. The molecule has 1 atom stereocenters. The van der Waals surface area contributed by atoms with Gasteiger partial charge in [-0.05, 0) is 17.7 Å². The highest BCUT2D eigenvalue weighted by Gasteiger charge is 2.33. The van der Waals surface area contributed by atoms with Gasteiger partial charge in [0.2, 0.25) is 5.91 Å². The van der Waals surface area contributed by atoms with Gasteiger partial charge in [-0.25, -0.2) is 4.39 Å². The molecule has 2 heterocycles. The molecular weight excluding hydrogens is 319 g/mol. The first-order chi connectivity index (χ1) is 11.1. The van der Waals surface area contributed by atoms with E-state index < -0.39 is 16.8 Å². The van der Waals surface area contributed by atoms with Crippen LogP contribution in [0, 0.1) is 5.82 Å². The van der Waals surface area contributed by atoms with Crippen molar-refractivity contribution in [3.05, 3.63) is 35.6 Å². The molecule has 0 bridgehead atoms. The largest absolute Gasteiger partial charge is 0.379 e. The van der Waals surface area contributed by atoms with Crippen molar-refractivity contribution in [3.8, 4) is 0 Å². The highest BCUT2D eigenvalue weighted by atomic mass is 32.2. The molecule has 0 radical (unpaired) electrons. The Labute approximate surface area is 137 Å². The molecule has 1 amide bonds. The topological polar surface area (TPSA) is 49.9 Å². The SMILES string of the molecule is O=C([C@@H](c1cccc(F)c1)N1CCOCC1)N1CCS(=O)CC1. The molecule has 23 heavy (non-hydrogen) atoms. The number of nitrogens with zero attached hydrogens (tertiary/aromatic N) is 2. The quantitative estimate of drug-likeness (QED) is 0.816. The molecule has 2 saturated heterocycles. The molecule has 0 unspecified atom stereocenters. The maximum Gasteiger partial charge on any atom is 0.244 e. The Hall–Kier alpha value is -1.31. The Morgan fingerprint density at radius 2 is 1.87 bits per heavy atom. The van der Waals surface area contributed by atoms with Crippen molar-refractivity contribution in [2.45, 2.75) is 6.04 Å². The van der Waals surface area contributed by atoms with E-state index in [0.29, 0.717) is 56.5 Å². The number of halogens is 1. The van der Waals surface area contributed by atoms with Crippen molar-refractivity contribution in [3.63, 3.8) is 0 Å². The summed E-state index contributed by atoms with van der Waals surface area (Å²) in [7, 11) is -0.831. The number of morpholine rings is 1. The van der Waals surface area contributed by atoms with Crippen LogP contribution >= 0.6 is 0 Å². The van der Waals surface area contributed by atoms with E-state index in [9.17, 15) is 13.4 Å². The van der Waals surface area contributed by atoms with E-state index in [1.54, 1.807) is 17.0 Å². The summed E-state index contributed by atoms with van der Waals surface area (Å²) < 4.78 is 30.5. The molecule has 2 fully saturated rings. The minimum absolute atomic E-state index is 0.0331. The van der Waals surface area contributed by atoms with Gasteiger partial charge in [0, 0.05) is 48.5 Å². The standard InChI is InChI=1S/C16H21FN2O3S/c17-14-3-1-2-13(12-14)15(18-4-8-22-9-5-18)16(20)19-6-10-23(21)11-7-19/h1-3,12,15H,4-11H2/t15-/m1/s1. The van der Waals surface area contributed by atoms with E-state index in [2.05, 4.69) is 0 Å². The fourth-order valence-electron chi connectivity index (χ4n) is 3.05. The predicted octanol–water partition coefficient (Wildman–Crippen LogP) is 0.790. The van der Waals surface area contributed by atoms with Crippen LogP contribution in [0.2, 0.25) is 0 Å². The number of carbonyl (C=O) groups is 1. The molecule has 1 aromatic carbocycles. The second-order valence-electron chi connectivity index (χ2n) is 5.78. The highest BCUT2D eigenvalue weighted by molar-refractivity contribution is 7.85. The molecular formula is C16H21FN2O3S. The lowest BCUT2D eigenvalue weighted by Crippen LogP contribution is -2.50. The molecule has 0 aromatic heterocycles. The van der Waals surface area contributed by atoms with Crippen molar-refractivity contribution in [2.75, 3.05) is 50.9 Å². The Kier molecular flexibility index (Phi) is 5.40. The lowest BCUT2D eigenvalue weighted by Gasteiger charge is -2.37. The third-order valence-corrected chi connectivity index (χ3v) is 5.57. The fourth-order valence-corrected chi connectivity index (χ4v) is 4.11. The number of amides is 1. The van der Waals surface area contributed by atoms with E-state index in [-0.39, 0.29) is 11.7 Å². The molecule has 3 rings (SSSR count). The molecule has 126 valence electrons. The Morgan fingerprint density at radius 3 is 2.52 bits per heavy atom. The van der Waals surface area contributed by atoms with Crippen LogP contribution in [-0.2, 0) is 20.3 Å². The van der Waals surface area contributed by atoms with Gasteiger partial charge < -0.3 is 9.64 Å². The first-order valence-electron chi connectivity index (χ1n) is 7.86. The summed E-state index contributed by atoms with van der Waals surface area (Å²) in [4.78, 5) is 16.8. The van der Waals surface area contributed by atoms with Gasteiger partial charge in [-0.3, -0.25) is 13.9 Å². The van der Waals surface area contributed by atoms with Crippen LogP contribution in [0.25, 0.3) is 0 Å². The van der Waals surface area contributed by atoms with E-state index in [1.165, 1.54) is 12.1 Å². The van der Waals surface area contributed by atoms with Crippen LogP contribution < -0.4 is 0 Å². The molecule has 0 aliphatic carbocycles. The zero-order chi connectivity index (χ0) is 16.2. The van der Waals surface area contributed by atoms with Gasteiger partial charge in [0.05, 0.1) is 13.2 Å². The van der Waals surface area contributed by atoms with Crippen molar-refractivity contribution >= 4 is 16.7 Å². The van der Waals surface area contributed by atoms with E-state index in [1.807, 2.05) is 4.90 Å². The van der Waals surface area contributed by atoms with Crippen LogP contribution in [0.3, 0.4) is 0 Å². The molecule has 5 nitrogen and oxygen atoms in total. The van der Waals surface area contributed by atoms with Crippen LogP contribution in [-0.4, -0.2) is 70.8 Å². The summed E-state index contributed by atoms with van der Waals surface area (Å²) in [6, 6.07) is 5.75. The minimum atomic E-state index is -0.831. The summed E-state index contributed by atoms with van der Waals surface area (Å²) in [5.74, 6) is 0.664. The fraction of sp³-hybridized carbons (Fsp3) is 0.562. The summed E-state index contributed by atoms with van der Waals surface area (Å²) >= 11 is 0. The molecule has 0 spiro atoms. The van der Waals surface area contributed by atoms with Gasteiger partial charge in [0.15, 0.2) is 0 Å². The average molecular weight is 340 g/mol. The van der Waals surface area contributed by atoms with Crippen LogP contribution in [0.4, 0.5) is 4.39 Å². The van der Waals surface area contributed by atoms with Gasteiger partial charge in [-0.1, -0.05) is 12.1 Å². The summed E-state index contributed by atoms with van der Waals surface area (Å²) in [5.41, 5.74) is 0.670. The molecule has 7 heteroatoms. The van der Waals surface area contributed by atoms with Crippen LogP contribution in [0.15, 0.2) is 24.3 Å². The van der Waals surface area contributed by atoms with Crippen LogP contribution in [0.5, 0.6) is 0 Å². The van der Waals surface area contributed by atoms with Crippen molar-refractivity contribution in [1.29, 1.82) is 0 Å². The maximum absolute atomic E-state index is 13.6. The number of ether oxygens (including phenoxy) is 1. The van der Waals surface area contributed by atoms with Gasteiger partial charge in [-0.2, -0.15) is 0 Å². The van der Waals surface area contributed by atoms with Crippen LogP contribution in [0.1, 0.15) is 11.6 Å². The molecule has 1 aromatic rings. The Morgan fingerprint density at radius 1 is 1.17 bits per heavy atom. The van der Waals surface area contributed by atoms with Gasteiger partial charge in [0.1, 0.15) is 11.9 Å². The third-order valence-electron chi connectivity index (χ3n) is 4.30. The Bertz CT molecular complexity index is 582. The summed E-state index contributed by atoms with van der Waals surface area (Å²) in [6.45, 7) is 3.44. The maximum atomic E-state index is 13.6. The van der Waals surface area contributed by atoms with E-state index in [0.717, 1.165) is 0 Å². The smallest absolute Gasteiger partial charge is 0.244 e. The minimum Gasteiger partial charge on any atom is -0.379 e. The summed E-state index contributed by atoms with van der Waals surface area (Å²) in [6.07, 6.45) is 0. The predicted molar refractivity (Wildman–Crippen MR) is 86.0 cm³/mol. The summed E-state index contributed by atoms with van der Waals surface area (Å²) in [5, 5.41) is 0. The lowest BCUT2D eigenvalue weighted by molar-refractivity contribution is -0.138. The average Bonchev–Trinajstić information content (AvgIpc) is 2.57. The van der Waals surface area contributed by atoms with Gasteiger partial charge in [-0.15, -0.1) is 0 Å². The molecule has 0 saturated carbocycles. The normalized spacial score (nSPS) is 22.0. The van der Waals surface area contributed by atoms with Gasteiger partial charge in [0.25, 0.3) is 0 Å². The van der Waals surface area contributed by atoms with Crippen molar-refractivity contribution in [2.24, 2.45) is 0 Å². The first kappa shape index (κ1) is 16.5. The number of hydrogen-bond donors (Lipinski definition) is 0. The second-order valence-corrected chi connectivity index (χ2v) is 7.48. The monoisotopic (exact) mass is 340 g/mol. The third kappa shape index (κ3) is 3.97. The number of carbonyl (C=O) groups excluding carboxylic acids is 1. The van der Waals surface area contributed by atoms with E-state index in [4.69, 9.17) is 4.74 Å². The Balaban J connectivity index is 1.84. The molecule has 2 aliphatic rings. The lowest BCUT2D eigenvalue weighted by atomic mass is 10.0.